The van der Waals surface area contributed by atoms with Crippen molar-refractivity contribution < 1.29 is 14.3 Å². The van der Waals surface area contributed by atoms with Crippen molar-refractivity contribution in [3.63, 3.8) is 0 Å². The molecule has 2 unspecified atom stereocenters. The molecule has 0 saturated carbocycles. The lowest BCUT2D eigenvalue weighted by molar-refractivity contribution is -0.144. The first-order valence-corrected chi connectivity index (χ1v) is 6.72. The first-order chi connectivity index (χ1) is 9.60. The maximum Gasteiger partial charge on any atom is 0.330 e. The van der Waals surface area contributed by atoms with Gasteiger partial charge in [-0.25, -0.2) is 4.79 Å². The van der Waals surface area contributed by atoms with E-state index in [2.05, 4.69) is 4.98 Å². The Morgan fingerprint density at radius 1 is 1.50 bits per heavy atom. The second-order valence-corrected chi connectivity index (χ2v) is 4.65. The highest BCUT2D eigenvalue weighted by atomic mass is 16.5. The number of rotatable bonds is 5. The molecule has 0 aromatic carbocycles. The molecule has 1 aromatic rings. The summed E-state index contributed by atoms with van der Waals surface area (Å²) < 4.78 is 12.0. The minimum Gasteiger partial charge on any atom is -0.466 e. The highest BCUT2D eigenvalue weighted by molar-refractivity contribution is 5.69. The van der Waals surface area contributed by atoms with Crippen molar-refractivity contribution in [1.82, 2.24) is 9.55 Å². The van der Waals surface area contributed by atoms with E-state index in [0.717, 1.165) is 6.42 Å². The van der Waals surface area contributed by atoms with E-state index in [1.54, 1.807) is 6.92 Å². The summed E-state index contributed by atoms with van der Waals surface area (Å²) in [6.45, 7) is 2.14. The van der Waals surface area contributed by atoms with Gasteiger partial charge in [-0.15, -0.1) is 0 Å². The van der Waals surface area contributed by atoms with Gasteiger partial charge in [0.1, 0.15) is 6.23 Å². The summed E-state index contributed by atoms with van der Waals surface area (Å²) in [6, 6.07) is 1.29. The Balaban J connectivity index is 1.90. The molecule has 0 spiro atoms. The Morgan fingerprint density at radius 2 is 2.30 bits per heavy atom. The molecule has 0 aliphatic carbocycles. The van der Waals surface area contributed by atoms with Gasteiger partial charge in [0.15, 0.2) is 0 Å². The summed E-state index contributed by atoms with van der Waals surface area (Å²) in [5.74, 6) is -0.235. The molecule has 0 bridgehead atoms. The van der Waals surface area contributed by atoms with E-state index in [1.165, 1.54) is 16.8 Å². The summed E-state index contributed by atoms with van der Waals surface area (Å²) in [6.07, 6.45) is 3.32. The van der Waals surface area contributed by atoms with Crippen LogP contribution < -0.4 is 11.2 Å². The second kappa shape index (κ2) is 6.51. The average Bonchev–Trinajstić information content (AvgIpc) is 2.85. The van der Waals surface area contributed by atoms with Crippen LogP contribution in [0.25, 0.3) is 0 Å². The molecule has 2 rings (SSSR count). The number of ether oxygens (including phenoxy) is 2. The lowest BCUT2D eigenvalue weighted by atomic mass is 10.1. The minimum atomic E-state index is -0.478. The fraction of sp³-hybridized carbons (Fsp3) is 0.615. The number of carbonyl (C=O) groups is 1. The Labute approximate surface area is 115 Å². The third-order valence-corrected chi connectivity index (χ3v) is 3.22. The van der Waals surface area contributed by atoms with Crippen LogP contribution in [0.15, 0.2) is 21.9 Å². The summed E-state index contributed by atoms with van der Waals surface area (Å²) >= 11 is 0. The van der Waals surface area contributed by atoms with E-state index in [9.17, 15) is 14.4 Å². The van der Waals surface area contributed by atoms with Gasteiger partial charge in [0, 0.05) is 18.7 Å². The van der Waals surface area contributed by atoms with E-state index >= 15 is 0 Å². The Morgan fingerprint density at radius 3 is 3.00 bits per heavy atom. The van der Waals surface area contributed by atoms with Crippen LogP contribution in [0.2, 0.25) is 0 Å². The molecule has 1 aliphatic heterocycles. The van der Waals surface area contributed by atoms with Crippen LogP contribution in [0.5, 0.6) is 0 Å². The fourth-order valence-corrected chi connectivity index (χ4v) is 2.27. The third-order valence-electron chi connectivity index (χ3n) is 3.22. The summed E-state index contributed by atoms with van der Waals surface area (Å²) in [5, 5.41) is 0. The van der Waals surface area contributed by atoms with Crippen molar-refractivity contribution in [3.05, 3.63) is 33.1 Å². The van der Waals surface area contributed by atoms with Crippen LogP contribution in [0, 0.1) is 0 Å². The van der Waals surface area contributed by atoms with E-state index in [1.807, 2.05) is 0 Å². The van der Waals surface area contributed by atoms with E-state index in [-0.39, 0.29) is 18.3 Å². The Kier molecular flexibility index (Phi) is 4.73. The average molecular weight is 282 g/mol. The molecule has 1 N–H and O–H groups in total. The number of H-pyrrole nitrogens is 1. The fourth-order valence-electron chi connectivity index (χ4n) is 2.27. The second-order valence-electron chi connectivity index (χ2n) is 4.65. The molecular formula is C13H18N2O5. The van der Waals surface area contributed by atoms with Gasteiger partial charge >= 0.3 is 11.7 Å². The molecule has 110 valence electrons. The standard InChI is InChI=1S/C13H18N2O5/c1-2-19-12(17)6-4-9-3-5-11(20-9)15-8-7-10(16)14-13(15)18/h7-9,11H,2-6H2,1H3,(H,14,16,18). The van der Waals surface area contributed by atoms with Crippen molar-refractivity contribution >= 4 is 5.97 Å². The predicted octanol–water partition coefficient (Wildman–Crippen LogP) is 0.557. The molecule has 0 amide bonds. The van der Waals surface area contributed by atoms with Gasteiger partial charge < -0.3 is 9.47 Å². The van der Waals surface area contributed by atoms with Gasteiger partial charge in [-0.1, -0.05) is 0 Å². The molecule has 1 saturated heterocycles. The highest BCUT2D eigenvalue weighted by Gasteiger charge is 2.27. The maximum atomic E-state index is 11.6. The van der Waals surface area contributed by atoms with Crippen LogP contribution >= 0.6 is 0 Å². The van der Waals surface area contributed by atoms with Crippen molar-refractivity contribution in [3.8, 4) is 0 Å². The normalized spacial score (nSPS) is 21.9. The molecule has 2 atom stereocenters. The van der Waals surface area contributed by atoms with Gasteiger partial charge in [0.2, 0.25) is 0 Å². The number of hydrogen-bond acceptors (Lipinski definition) is 5. The molecule has 1 fully saturated rings. The quantitative estimate of drug-likeness (QED) is 0.797. The van der Waals surface area contributed by atoms with Gasteiger partial charge in [-0.2, -0.15) is 0 Å². The van der Waals surface area contributed by atoms with Crippen LogP contribution in [0.1, 0.15) is 38.8 Å². The highest BCUT2D eigenvalue weighted by Crippen LogP contribution is 2.29. The molecule has 7 nitrogen and oxygen atoms in total. The first-order valence-electron chi connectivity index (χ1n) is 6.72. The maximum absolute atomic E-state index is 11.6. The zero-order valence-corrected chi connectivity index (χ0v) is 11.3. The molecule has 1 aliphatic rings. The zero-order valence-electron chi connectivity index (χ0n) is 11.3. The number of aromatic nitrogens is 2. The largest absolute Gasteiger partial charge is 0.466 e. The number of hydrogen-bond donors (Lipinski definition) is 1. The van der Waals surface area contributed by atoms with E-state index in [0.29, 0.717) is 25.9 Å². The topological polar surface area (TPSA) is 90.4 Å². The van der Waals surface area contributed by atoms with Gasteiger partial charge in [0.05, 0.1) is 12.7 Å². The number of nitrogens with one attached hydrogen (secondary N) is 1. The van der Waals surface area contributed by atoms with Crippen molar-refractivity contribution in [1.29, 1.82) is 0 Å². The van der Waals surface area contributed by atoms with Gasteiger partial charge in [-0.3, -0.25) is 19.1 Å². The first kappa shape index (κ1) is 14.5. The van der Waals surface area contributed by atoms with Crippen LogP contribution in [-0.2, 0) is 14.3 Å². The molecule has 7 heteroatoms. The SMILES string of the molecule is CCOC(=O)CCC1CCC(n2ccc(=O)[nH]c2=O)O1. The lowest BCUT2D eigenvalue weighted by Gasteiger charge is -2.15. The van der Waals surface area contributed by atoms with Crippen LogP contribution in [-0.4, -0.2) is 28.2 Å². The number of aromatic amines is 1. The van der Waals surface area contributed by atoms with E-state index < -0.39 is 11.2 Å². The van der Waals surface area contributed by atoms with Crippen molar-refractivity contribution in [2.75, 3.05) is 6.61 Å². The summed E-state index contributed by atoms with van der Waals surface area (Å²) in [7, 11) is 0. The summed E-state index contributed by atoms with van der Waals surface area (Å²) in [4.78, 5) is 36.1. The number of esters is 1. The lowest BCUT2D eigenvalue weighted by Crippen LogP contribution is -2.31. The zero-order chi connectivity index (χ0) is 14.5. The number of carbonyl (C=O) groups excluding carboxylic acids is 1. The predicted molar refractivity (Wildman–Crippen MR) is 70.3 cm³/mol. The van der Waals surface area contributed by atoms with E-state index in [4.69, 9.17) is 9.47 Å². The van der Waals surface area contributed by atoms with Crippen molar-refractivity contribution in [2.45, 2.75) is 44.9 Å². The molecule has 1 aromatic heterocycles. The Hall–Kier alpha value is -1.89. The van der Waals surface area contributed by atoms with Gasteiger partial charge in [-0.05, 0) is 26.2 Å². The third kappa shape index (κ3) is 3.57. The van der Waals surface area contributed by atoms with Crippen LogP contribution in [0.4, 0.5) is 0 Å². The van der Waals surface area contributed by atoms with Crippen LogP contribution in [0.3, 0.4) is 0 Å². The van der Waals surface area contributed by atoms with Crippen molar-refractivity contribution in [2.24, 2.45) is 0 Å². The molecule has 2 heterocycles. The minimum absolute atomic E-state index is 0.0664. The summed E-state index contributed by atoms with van der Waals surface area (Å²) in [5.41, 5.74) is -0.906. The molecule has 0 radical (unpaired) electrons. The van der Waals surface area contributed by atoms with Gasteiger partial charge in [0.25, 0.3) is 5.56 Å². The monoisotopic (exact) mass is 282 g/mol. The smallest absolute Gasteiger partial charge is 0.330 e. The Bertz CT molecular complexity index is 577. The number of nitrogens with zero attached hydrogens (tertiary/aromatic N) is 1. The molecule has 20 heavy (non-hydrogen) atoms. The molecular weight excluding hydrogens is 264 g/mol.